The van der Waals surface area contributed by atoms with Crippen molar-refractivity contribution in [3.63, 3.8) is 0 Å². The first-order valence-electron chi connectivity index (χ1n) is 7.65. The number of hydrogen-bond donors (Lipinski definition) is 0. The molecule has 3 heteroatoms. The number of aromatic nitrogens is 1. The van der Waals surface area contributed by atoms with Crippen LogP contribution in [0.3, 0.4) is 0 Å². The molecule has 0 saturated heterocycles. The van der Waals surface area contributed by atoms with Crippen LogP contribution in [0.15, 0.2) is 12.1 Å². The minimum absolute atomic E-state index is 0.0594. The van der Waals surface area contributed by atoms with Crippen LogP contribution in [0.1, 0.15) is 58.7 Å². The minimum Gasteiger partial charge on any atom is -0.353 e. The number of pyridine rings is 1. The van der Waals surface area contributed by atoms with E-state index in [0.717, 1.165) is 18.1 Å². The molecule has 2 nitrogen and oxygen atoms in total. The third kappa shape index (κ3) is 3.88. The number of rotatable bonds is 5. The summed E-state index contributed by atoms with van der Waals surface area (Å²) in [5, 5.41) is 0. The van der Waals surface area contributed by atoms with Gasteiger partial charge in [0, 0.05) is 29.6 Å². The highest BCUT2D eigenvalue weighted by Gasteiger charge is 2.31. The Hall–Kier alpha value is -0.760. The number of alkyl halides is 1. The standard InChI is InChI=1S/C17H27ClN2/c1-12(2)11-20(14-6-7-14)16-9-13(10-18)8-15(19-16)17(3,4)5/h8-9,12,14H,6-7,10-11H2,1-5H3. The zero-order valence-corrected chi connectivity index (χ0v) is 14.2. The summed E-state index contributed by atoms with van der Waals surface area (Å²) in [7, 11) is 0. The van der Waals surface area contributed by atoms with Crippen molar-refractivity contribution < 1.29 is 0 Å². The summed E-state index contributed by atoms with van der Waals surface area (Å²) in [4.78, 5) is 7.42. The van der Waals surface area contributed by atoms with Crippen LogP contribution in [0.25, 0.3) is 0 Å². The fourth-order valence-corrected chi connectivity index (χ4v) is 2.54. The SMILES string of the molecule is CC(C)CN(c1cc(CCl)cc(C(C)(C)C)n1)C1CC1. The van der Waals surface area contributed by atoms with E-state index in [2.05, 4.69) is 51.7 Å². The van der Waals surface area contributed by atoms with Crippen LogP contribution < -0.4 is 4.90 Å². The number of nitrogens with zero attached hydrogens (tertiary/aromatic N) is 2. The van der Waals surface area contributed by atoms with E-state index in [4.69, 9.17) is 16.6 Å². The summed E-state index contributed by atoms with van der Waals surface area (Å²) in [6, 6.07) is 5.00. The van der Waals surface area contributed by atoms with E-state index >= 15 is 0 Å². The number of anilines is 1. The first kappa shape index (κ1) is 15.6. The topological polar surface area (TPSA) is 16.1 Å². The third-order valence-corrected chi connectivity index (χ3v) is 3.95. The molecular weight excluding hydrogens is 268 g/mol. The number of halogens is 1. The van der Waals surface area contributed by atoms with Crippen molar-refractivity contribution >= 4 is 17.4 Å². The summed E-state index contributed by atoms with van der Waals surface area (Å²) in [6.07, 6.45) is 2.59. The first-order chi connectivity index (χ1) is 9.31. The van der Waals surface area contributed by atoms with Crippen LogP contribution in [0.5, 0.6) is 0 Å². The predicted molar refractivity (Wildman–Crippen MR) is 87.7 cm³/mol. The molecule has 1 fully saturated rings. The average molecular weight is 295 g/mol. The van der Waals surface area contributed by atoms with Gasteiger partial charge in [-0.15, -0.1) is 11.6 Å². The van der Waals surface area contributed by atoms with Crippen molar-refractivity contribution in [3.05, 3.63) is 23.4 Å². The lowest BCUT2D eigenvalue weighted by molar-refractivity contribution is 0.561. The summed E-state index contributed by atoms with van der Waals surface area (Å²) in [5.74, 6) is 2.32. The van der Waals surface area contributed by atoms with Crippen molar-refractivity contribution in [1.82, 2.24) is 4.98 Å². The lowest BCUT2D eigenvalue weighted by atomic mass is 9.91. The van der Waals surface area contributed by atoms with E-state index in [0.29, 0.717) is 17.8 Å². The average Bonchev–Trinajstić information content (AvgIpc) is 3.18. The van der Waals surface area contributed by atoms with Crippen molar-refractivity contribution in [2.24, 2.45) is 5.92 Å². The molecule has 20 heavy (non-hydrogen) atoms. The molecule has 1 aliphatic rings. The van der Waals surface area contributed by atoms with Gasteiger partial charge in [0.15, 0.2) is 0 Å². The highest BCUT2D eigenvalue weighted by atomic mass is 35.5. The van der Waals surface area contributed by atoms with Crippen LogP contribution in [-0.2, 0) is 11.3 Å². The Morgan fingerprint density at radius 3 is 2.40 bits per heavy atom. The zero-order valence-electron chi connectivity index (χ0n) is 13.4. The maximum atomic E-state index is 6.08. The normalized spacial score (nSPS) is 15.8. The van der Waals surface area contributed by atoms with Crippen LogP contribution >= 0.6 is 11.6 Å². The second-order valence-electron chi connectivity index (χ2n) is 7.38. The molecular formula is C17H27ClN2. The lowest BCUT2D eigenvalue weighted by Gasteiger charge is -2.28. The van der Waals surface area contributed by atoms with E-state index < -0.39 is 0 Å². The summed E-state index contributed by atoms with van der Waals surface area (Å²) in [6.45, 7) is 12.2. The molecule has 0 bridgehead atoms. The van der Waals surface area contributed by atoms with Gasteiger partial charge in [0.05, 0.1) is 0 Å². The molecule has 1 aliphatic carbocycles. The smallest absolute Gasteiger partial charge is 0.129 e. The van der Waals surface area contributed by atoms with E-state index in [-0.39, 0.29) is 5.41 Å². The Balaban J connectivity index is 2.37. The quantitative estimate of drug-likeness (QED) is 0.729. The molecule has 0 atom stereocenters. The molecule has 1 saturated carbocycles. The molecule has 0 radical (unpaired) electrons. The molecule has 0 aromatic carbocycles. The predicted octanol–water partition coefficient (Wildman–Crippen LogP) is 4.74. The highest BCUT2D eigenvalue weighted by molar-refractivity contribution is 6.17. The fourth-order valence-electron chi connectivity index (χ4n) is 2.39. The van der Waals surface area contributed by atoms with E-state index in [1.165, 1.54) is 18.4 Å². The van der Waals surface area contributed by atoms with Crippen molar-refractivity contribution in [2.45, 2.75) is 64.8 Å². The van der Waals surface area contributed by atoms with Gasteiger partial charge in [0.2, 0.25) is 0 Å². The minimum atomic E-state index is 0.0594. The molecule has 0 N–H and O–H groups in total. The molecule has 1 aromatic rings. The first-order valence-corrected chi connectivity index (χ1v) is 8.18. The maximum absolute atomic E-state index is 6.08. The van der Waals surface area contributed by atoms with Crippen LogP contribution in [0.4, 0.5) is 5.82 Å². The Morgan fingerprint density at radius 1 is 1.30 bits per heavy atom. The molecule has 0 spiro atoms. The van der Waals surface area contributed by atoms with Crippen LogP contribution in [0, 0.1) is 5.92 Å². The van der Waals surface area contributed by atoms with Crippen LogP contribution in [0.2, 0.25) is 0 Å². The van der Waals surface area contributed by atoms with Gasteiger partial charge < -0.3 is 4.90 Å². The Morgan fingerprint density at radius 2 is 1.95 bits per heavy atom. The van der Waals surface area contributed by atoms with Gasteiger partial charge >= 0.3 is 0 Å². The van der Waals surface area contributed by atoms with Gasteiger partial charge in [-0.25, -0.2) is 4.98 Å². The van der Waals surface area contributed by atoms with Gasteiger partial charge in [0.1, 0.15) is 5.82 Å². The zero-order chi connectivity index (χ0) is 14.9. The fraction of sp³-hybridized carbons (Fsp3) is 0.706. The Kier molecular flexibility index (Phi) is 4.63. The maximum Gasteiger partial charge on any atom is 0.129 e. The molecule has 2 rings (SSSR count). The second-order valence-corrected chi connectivity index (χ2v) is 7.65. The summed E-state index contributed by atoms with van der Waals surface area (Å²) < 4.78 is 0. The van der Waals surface area contributed by atoms with Crippen molar-refractivity contribution in [1.29, 1.82) is 0 Å². The van der Waals surface area contributed by atoms with Crippen molar-refractivity contribution in [2.75, 3.05) is 11.4 Å². The van der Waals surface area contributed by atoms with E-state index in [1.54, 1.807) is 0 Å². The largest absolute Gasteiger partial charge is 0.353 e. The lowest BCUT2D eigenvalue weighted by Crippen LogP contribution is -2.31. The molecule has 112 valence electrons. The van der Waals surface area contributed by atoms with Gasteiger partial charge in [-0.05, 0) is 36.5 Å². The van der Waals surface area contributed by atoms with Gasteiger partial charge in [-0.2, -0.15) is 0 Å². The summed E-state index contributed by atoms with van der Waals surface area (Å²) >= 11 is 6.08. The van der Waals surface area contributed by atoms with Gasteiger partial charge in [-0.3, -0.25) is 0 Å². The van der Waals surface area contributed by atoms with E-state index in [9.17, 15) is 0 Å². The van der Waals surface area contributed by atoms with E-state index in [1.807, 2.05) is 0 Å². The van der Waals surface area contributed by atoms with Gasteiger partial charge in [0.25, 0.3) is 0 Å². The van der Waals surface area contributed by atoms with Gasteiger partial charge in [-0.1, -0.05) is 34.6 Å². The molecule has 0 amide bonds. The Bertz CT molecular complexity index is 459. The second kappa shape index (κ2) is 5.93. The Labute approximate surface area is 128 Å². The molecule has 1 heterocycles. The molecule has 1 aromatic heterocycles. The molecule has 0 aliphatic heterocycles. The highest BCUT2D eigenvalue weighted by Crippen LogP contribution is 2.33. The monoisotopic (exact) mass is 294 g/mol. The molecule has 0 unspecified atom stereocenters. The number of hydrogen-bond acceptors (Lipinski definition) is 2. The van der Waals surface area contributed by atoms with Crippen LogP contribution in [-0.4, -0.2) is 17.6 Å². The third-order valence-electron chi connectivity index (χ3n) is 3.64. The summed E-state index contributed by atoms with van der Waals surface area (Å²) in [5.41, 5.74) is 2.38. The van der Waals surface area contributed by atoms with Crippen molar-refractivity contribution in [3.8, 4) is 0 Å².